The average Bonchev–Trinajstić information content (AvgIpc) is 2.57. The van der Waals surface area contributed by atoms with Gasteiger partial charge in [-0.05, 0) is 24.1 Å². The Balaban J connectivity index is 1.68. The largest absolute Gasteiger partial charge is 0.294 e. The van der Waals surface area contributed by atoms with Crippen LogP contribution in [0.15, 0.2) is 59.4 Å². The molecule has 3 heteroatoms. The summed E-state index contributed by atoms with van der Waals surface area (Å²) < 4.78 is 1.11. The van der Waals surface area contributed by atoms with Crippen LogP contribution in [-0.4, -0.2) is 11.4 Å². The van der Waals surface area contributed by atoms with Gasteiger partial charge in [-0.25, -0.2) is 0 Å². The van der Waals surface area contributed by atoms with Gasteiger partial charge >= 0.3 is 0 Å². The maximum absolute atomic E-state index is 12.8. The van der Waals surface area contributed by atoms with Crippen molar-refractivity contribution in [1.29, 1.82) is 0 Å². The Bertz CT molecular complexity index is 869. The van der Waals surface area contributed by atoms with E-state index in [0.29, 0.717) is 0 Å². The molecule has 4 rings (SSSR count). The SMILES string of the molecule is O=c1c2c(sc3ccccc13)CCN(Cc1ccccc1)C2. The van der Waals surface area contributed by atoms with Gasteiger partial charge in [0, 0.05) is 40.2 Å². The number of benzene rings is 2. The van der Waals surface area contributed by atoms with E-state index < -0.39 is 0 Å². The molecule has 0 spiro atoms. The van der Waals surface area contributed by atoms with Crippen LogP contribution < -0.4 is 5.43 Å². The summed E-state index contributed by atoms with van der Waals surface area (Å²) in [5.41, 5.74) is 2.54. The summed E-state index contributed by atoms with van der Waals surface area (Å²) in [5.74, 6) is 0. The Labute approximate surface area is 133 Å². The fourth-order valence-electron chi connectivity index (χ4n) is 3.13. The molecule has 2 nitrogen and oxygen atoms in total. The molecule has 0 amide bonds. The molecule has 2 aromatic carbocycles. The first-order valence-corrected chi connectivity index (χ1v) is 8.43. The van der Waals surface area contributed by atoms with Gasteiger partial charge in [-0.15, -0.1) is 11.3 Å². The van der Waals surface area contributed by atoms with Crippen molar-refractivity contribution in [3.8, 4) is 0 Å². The third kappa shape index (κ3) is 2.47. The number of hydrogen-bond acceptors (Lipinski definition) is 3. The zero-order valence-electron chi connectivity index (χ0n) is 12.3. The minimum absolute atomic E-state index is 0.224. The third-order valence-electron chi connectivity index (χ3n) is 4.26. The van der Waals surface area contributed by atoms with E-state index >= 15 is 0 Å². The molecule has 0 bridgehead atoms. The molecule has 0 radical (unpaired) electrons. The van der Waals surface area contributed by atoms with Crippen molar-refractivity contribution >= 4 is 21.4 Å². The Morgan fingerprint density at radius 2 is 1.77 bits per heavy atom. The van der Waals surface area contributed by atoms with Gasteiger partial charge < -0.3 is 0 Å². The molecule has 0 N–H and O–H groups in total. The predicted molar refractivity (Wildman–Crippen MR) is 92.4 cm³/mol. The van der Waals surface area contributed by atoms with Crippen LogP contribution in [0.5, 0.6) is 0 Å². The lowest BCUT2D eigenvalue weighted by molar-refractivity contribution is 0.246. The molecule has 3 aromatic rings. The monoisotopic (exact) mass is 307 g/mol. The Morgan fingerprint density at radius 1 is 1.00 bits per heavy atom. The van der Waals surface area contributed by atoms with E-state index in [0.717, 1.165) is 41.7 Å². The van der Waals surface area contributed by atoms with Gasteiger partial charge in [0.15, 0.2) is 5.43 Å². The van der Waals surface area contributed by atoms with E-state index in [4.69, 9.17) is 0 Å². The van der Waals surface area contributed by atoms with Crippen LogP contribution >= 0.6 is 11.3 Å². The van der Waals surface area contributed by atoms with Crippen molar-refractivity contribution in [2.24, 2.45) is 0 Å². The molecule has 1 aliphatic rings. The summed E-state index contributed by atoms with van der Waals surface area (Å²) in [4.78, 5) is 16.4. The topological polar surface area (TPSA) is 20.3 Å². The number of hydrogen-bond donors (Lipinski definition) is 0. The van der Waals surface area contributed by atoms with Crippen molar-refractivity contribution in [3.05, 3.63) is 80.8 Å². The summed E-state index contributed by atoms with van der Waals surface area (Å²) in [5, 5.41) is 0.868. The number of rotatable bonds is 2. The predicted octanol–water partition coefficient (Wildman–Crippen LogP) is 3.82. The first kappa shape index (κ1) is 13.7. The highest BCUT2D eigenvalue weighted by Gasteiger charge is 2.21. The minimum Gasteiger partial charge on any atom is -0.294 e. The molecule has 1 aromatic heterocycles. The van der Waals surface area contributed by atoms with E-state index in [1.165, 1.54) is 10.4 Å². The van der Waals surface area contributed by atoms with Gasteiger partial charge in [0.1, 0.15) is 0 Å². The molecule has 110 valence electrons. The highest BCUT2D eigenvalue weighted by atomic mass is 32.1. The van der Waals surface area contributed by atoms with Gasteiger partial charge in [0.25, 0.3) is 0 Å². The quantitative estimate of drug-likeness (QED) is 0.717. The number of nitrogens with zero attached hydrogens (tertiary/aromatic N) is 1. The smallest absolute Gasteiger partial charge is 0.192 e. The number of fused-ring (bicyclic) bond motifs is 2. The van der Waals surface area contributed by atoms with Crippen LogP contribution in [0.4, 0.5) is 0 Å². The molecular formula is C19H17NOS. The Morgan fingerprint density at radius 3 is 2.64 bits per heavy atom. The maximum Gasteiger partial charge on any atom is 0.192 e. The fourth-order valence-corrected chi connectivity index (χ4v) is 4.28. The summed E-state index contributed by atoms with van der Waals surface area (Å²) >= 11 is 1.79. The summed E-state index contributed by atoms with van der Waals surface area (Å²) in [6.07, 6.45) is 0.979. The van der Waals surface area contributed by atoms with Crippen LogP contribution in [0.25, 0.3) is 10.1 Å². The highest BCUT2D eigenvalue weighted by Crippen LogP contribution is 2.27. The minimum atomic E-state index is 0.224. The lowest BCUT2D eigenvalue weighted by atomic mass is 10.1. The molecular weight excluding hydrogens is 290 g/mol. The van der Waals surface area contributed by atoms with Gasteiger partial charge in [-0.1, -0.05) is 42.5 Å². The molecule has 2 heterocycles. The van der Waals surface area contributed by atoms with Crippen LogP contribution in [-0.2, 0) is 19.5 Å². The molecule has 0 aliphatic carbocycles. The van der Waals surface area contributed by atoms with Gasteiger partial charge in [-0.3, -0.25) is 9.69 Å². The van der Waals surface area contributed by atoms with Crippen molar-refractivity contribution in [3.63, 3.8) is 0 Å². The van der Waals surface area contributed by atoms with Crippen LogP contribution in [0.3, 0.4) is 0 Å². The van der Waals surface area contributed by atoms with Crippen molar-refractivity contribution in [1.82, 2.24) is 4.90 Å². The second-order valence-corrected chi connectivity index (χ2v) is 6.91. The summed E-state index contributed by atoms with van der Waals surface area (Å²) in [6, 6.07) is 18.4. The van der Waals surface area contributed by atoms with Crippen LogP contribution in [0.2, 0.25) is 0 Å². The lowest BCUT2D eigenvalue weighted by Crippen LogP contribution is -2.33. The first-order chi connectivity index (χ1) is 10.8. The van der Waals surface area contributed by atoms with Crippen molar-refractivity contribution in [2.75, 3.05) is 6.54 Å². The third-order valence-corrected chi connectivity index (χ3v) is 5.53. The zero-order chi connectivity index (χ0) is 14.9. The average molecular weight is 307 g/mol. The van der Waals surface area contributed by atoms with Crippen molar-refractivity contribution in [2.45, 2.75) is 19.5 Å². The van der Waals surface area contributed by atoms with Gasteiger partial charge in [0.05, 0.1) is 0 Å². The van der Waals surface area contributed by atoms with E-state index in [1.54, 1.807) is 11.3 Å². The van der Waals surface area contributed by atoms with Crippen LogP contribution in [0.1, 0.15) is 16.0 Å². The van der Waals surface area contributed by atoms with Crippen LogP contribution in [0, 0.1) is 0 Å². The molecule has 0 atom stereocenters. The van der Waals surface area contributed by atoms with Gasteiger partial charge in [0.2, 0.25) is 0 Å². The summed E-state index contributed by atoms with van der Waals surface area (Å²) in [6.45, 7) is 2.71. The van der Waals surface area contributed by atoms with E-state index in [1.807, 2.05) is 24.3 Å². The second kappa shape index (κ2) is 5.67. The standard InChI is InChI=1S/C19H17NOS/c21-19-15-8-4-5-9-17(15)22-18-10-11-20(13-16(18)19)12-14-6-2-1-3-7-14/h1-9H,10-13H2. The van der Waals surface area contributed by atoms with E-state index in [9.17, 15) is 4.79 Å². The fraction of sp³-hybridized carbons (Fsp3) is 0.211. The second-order valence-electron chi connectivity index (χ2n) is 5.78. The molecule has 1 aliphatic heterocycles. The lowest BCUT2D eigenvalue weighted by Gasteiger charge is -2.28. The molecule has 22 heavy (non-hydrogen) atoms. The molecule has 0 saturated heterocycles. The van der Waals surface area contributed by atoms with E-state index in [2.05, 4.69) is 35.2 Å². The first-order valence-electron chi connectivity index (χ1n) is 7.61. The van der Waals surface area contributed by atoms with E-state index in [-0.39, 0.29) is 5.43 Å². The summed E-state index contributed by atoms with van der Waals surface area (Å²) in [7, 11) is 0. The Hall–Kier alpha value is -1.97. The highest BCUT2D eigenvalue weighted by molar-refractivity contribution is 7.18. The van der Waals surface area contributed by atoms with Gasteiger partial charge in [-0.2, -0.15) is 0 Å². The maximum atomic E-state index is 12.8. The molecule has 0 fully saturated rings. The van der Waals surface area contributed by atoms with Crippen molar-refractivity contribution < 1.29 is 0 Å². The Kier molecular flexibility index (Phi) is 3.53. The zero-order valence-corrected chi connectivity index (χ0v) is 13.1. The molecule has 0 saturated carbocycles. The molecule has 0 unspecified atom stereocenters. The normalized spacial score (nSPS) is 14.9.